The molecule has 1 aromatic carbocycles. The van der Waals surface area contributed by atoms with Gasteiger partial charge in [-0.3, -0.25) is 14.9 Å². The first-order chi connectivity index (χ1) is 12.9. The fourth-order valence-corrected chi connectivity index (χ4v) is 2.49. The minimum atomic E-state index is -0.304. The molecule has 2 aromatic rings. The third-order valence-corrected chi connectivity index (χ3v) is 3.57. The number of benzene rings is 1. The Labute approximate surface area is 157 Å². The van der Waals surface area contributed by atoms with E-state index in [0.717, 1.165) is 5.56 Å². The van der Waals surface area contributed by atoms with Gasteiger partial charge in [0.1, 0.15) is 5.82 Å². The number of rotatable bonds is 7. The van der Waals surface area contributed by atoms with Crippen LogP contribution in [0.4, 0.5) is 11.8 Å². The van der Waals surface area contributed by atoms with Crippen molar-refractivity contribution >= 4 is 23.6 Å². The van der Waals surface area contributed by atoms with Gasteiger partial charge in [0.15, 0.2) is 11.5 Å². The minimum absolute atomic E-state index is 0.111. The van der Waals surface area contributed by atoms with Crippen molar-refractivity contribution in [2.75, 3.05) is 32.0 Å². The summed E-state index contributed by atoms with van der Waals surface area (Å²) in [6.45, 7) is 2.73. The molecule has 1 aromatic heterocycles. The smallest absolute Gasteiger partial charge is 0.231 e. The molecule has 27 heavy (non-hydrogen) atoms. The number of methoxy groups -OCH3 is 3. The molecule has 0 aliphatic carbocycles. The standard InChI is InChI=1S/C18H22N4O5/c1-10(23)20-17-13(9-19-18(22-17)21-11(2)24)6-12-7-14(25-3)16(27-5)15(8-12)26-4/h7-9H,6H2,1-5H3,(H2,19,20,21,22,23,24). The van der Waals surface area contributed by atoms with Crippen molar-refractivity contribution < 1.29 is 23.8 Å². The highest BCUT2D eigenvalue weighted by Gasteiger charge is 2.16. The Hall–Kier alpha value is -3.36. The van der Waals surface area contributed by atoms with Crippen LogP contribution in [0.25, 0.3) is 0 Å². The van der Waals surface area contributed by atoms with Gasteiger partial charge in [0, 0.05) is 32.0 Å². The van der Waals surface area contributed by atoms with E-state index >= 15 is 0 Å². The number of ether oxygens (including phenoxy) is 3. The summed E-state index contributed by atoms with van der Waals surface area (Å²) >= 11 is 0. The Bertz CT molecular complexity index is 829. The first kappa shape index (κ1) is 20.0. The summed E-state index contributed by atoms with van der Waals surface area (Å²) in [7, 11) is 4.60. The van der Waals surface area contributed by atoms with Crippen molar-refractivity contribution in [3.63, 3.8) is 0 Å². The third-order valence-electron chi connectivity index (χ3n) is 3.57. The molecule has 2 N–H and O–H groups in total. The van der Waals surface area contributed by atoms with E-state index in [1.165, 1.54) is 35.2 Å². The Balaban J connectivity index is 2.43. The molecule has 0 atom stereocenters. The van der Waals surface area contributed by atoms with Crippen LogP contribution in [0.1, 0.15) is 25.0 Å². The third kappa shape index (κ3) is 5.06. The largest absolute Gasteiger partial charge is 0.493 e. The zero-order chi connectivity index (χ0) is 20.0. The first-order valence-corrected chi connectivity index (χ1v) is 8.07. The second-order valence-corrected chi connectivity index (χ2v) is 5.64. The van der Waals surface area contributed by atoms with E-state index < -0.39 is 0 Å². The number of nitrogens with zero attached hydrogens (tertiary/aromatic N) is 2. The van der Waals surface area contributed by atoms with E-state index in [-0.39, 0.29) is 17.8 Å². The topological polar surface area (TPSA) is 112 Å². The average molecular weight is 374 g/mol. The highest BCUT2D eigenvalue weighted by molar-refractivity contribution is 5.90. The van der Waals surface area contributed by atoms with Gasteiger partial charge in [-0.2, -0.15) is 4.98 Å². The molecule has 0 aliphatic rings. The van der Waals surface area contributed by atoms with Gasteiger partial charge in [0.05, 0.1) is 21.3 Å². The summed E-state index contributed by atoms with van der Waals surface area (Å²) in [4.78, 5) is 31.1. The highest BCUT2D eigenvalue weighted by Crippen LogP contribution is 2.39. The van der Waals surface area contributed by atoms with Gasteiger partial charge in [-0.1, -0.05) is 0 Å². The SMILES string of the molecule is COc1cc(Cc2cnc(NC(C)=O)nc2NC(C)=O)cc(OC)c1OC. The van der Waals surface area contributed by atoms with Crippen LogP contribution in [0, 0.1) is 0 Å². The molecule has 0 saturated carbocycles. The summed E-state index contributed by atoms with van der Waals surface area (Å²) in [5.74, 6) is 1.36. The van der Waals surface area contributed by atoms with Crippen LogP contribution >= 0.6 is 0 Å². The fraction of sp³-hybridized carbons (Fsp3) is 0.333. The van der Waals surface area contributed by atoms with E-state index in [0.29, 0.717) is 35.1 Å². The molecule has 9 nitrogen and oxygen atoms in total. The number of aromatic nitrogens is 2. The van der Waals surface area contributed by atoms with Gasteiger partial charge in [-0.05, 0) is 17.7 Å². The van der Waals surface area contributed by atoms with E-state index in [9.17, 15) is 9.59 Å². The van der Waals surface area contributed by atoms with Crippen molar-refractivity contribution in [3.8, 4) is 17.2 Å². The molecular formula is C18H22N4O5. The molecule has 0 unspecified atom stereocenters. The van der Waals surface area contributed by atoms with E-state index in [4.69, 9.17) is 14.2 Å². The number of hydrogen-bond acceptors (Lipinski definition) is 7. The quantitative estimate of drug-likeness (QED) is 0.762. The van der Waals surface area contributed by atoms with E-state index in [2.05, 4.69) is 20.6 Å². The second-order valence-electron chi connectivity index (χ2n) is 5.64. The molecule has 0 spiro atoms. The predicted octanol–water partition coefficient (Wildman–Crippen LogP) is 2.01. The van der Waals surface area contributed by atoms with Crippen LogP contribution in [-0.2, 0) is 16.0 Å². The molecule has 2 amide bonds. The lowest BCUT2D eigenvalue weighted by Gasteiger charge is -2.15. The van der Waals surface area contributed by atoms with Gasteiger partial charge >= 0.3 is 0 Å². The van der Waals surface area contributed by atoms with Gasteiger partial charge in [0.2, 0.25) is 23.5 Å². The lowest BCUT2D eigenvalue weighted by Crippen LogP contribution is -2.15. The maximum absolute atomic E-state index is 11.5. The summed E-state index contributed by atoms with van der Waals surface area (Å²) in [6.07, 6.45) is 1.94. The lowest BCUT2D eigenvalue weighted by atomic mass is 10.1. The molecule has 9 heteroatoms. The summed E-state index contributed by atoms with van der Waals surface area (Å²) in [5.41, 5.74) is 1.50. The molecule has 1 heterocycles. The first-order valence-electron chi connectivity index (χ1n) is 8.07. The van der Waals surface area contributed by atoms with Crippen LogP contribution in [-0.4, -0.2) is 43.1 Å². The second kappa shape index (κ2) is 8.84. The molecule has 0 radical (unpaired) electrons. The molecule has 0 fully saturated rings. The Morgan fingerprint density at radius 3 is 2.04 bits per heavy atom. The Morgan fingerprint density at radius 2 is 1.56 bits per heavy atom. The van der Waals surface area contributed by atoms with Crippen LogP contribution < -0.4 is 24.8 Å². The van der Waals surface area contributed by atoms with Crippen molar-refractivity contribution in [3.05, 3.63) is 29.5 Å². The summed E-state index contributed by atoms with van der Waals surface area (Å²) < 4.78 is 16.0. The van der Waals surface area contributed by atoms with Gasteiger partial charge in [-0.15, -0.1) is 0 Å². The minimum Gasteiger partial charge on any atom is -0.493 e. The number of carbonyl (C=O) groups excluding carboxylic acids is 2. The van der Waals surface area contributed by atoms with Crippen molar-refractivity contribution in [2.45, 2.75) is 20.3 Å². The number of carbonyl (C=O) groups is 2. The van der Waals surface area contributed by atoms with Gasteiger partial charge in [-0.25, -0.2) is 4.98 Å². The molecule has 2 rings (SSSR count). The van der Waals surface area contributed by atoms with E-state index in [1.807, 2.05) is 0 Å². The zero-order valence-corrected chi connectivity index (χ0v) is 15.9. The maximum Gasteiger partial charge on any atom is 0.231 e. The van der Waals surface area contributed by atoms with Crippen molar-refractivity contribution in [1.82, 2.24) is 9.97 Å². The summed E-state index contributed by atoms with van der Waals surface area (Å²) in [6, 6.07) is 3.61. The van der Waals surface area contributed by atoms with Crippen LogP contribution in [0.15, 0.2) is 18.3 Å². The number of nitrogens with one attached hydrogen (secondary N) is 2. The molecule has 0 saturated heterocycles. The Morgan fingerprint density at radius 1 is 0.963 bits per heavy atom. The fourth-order valence-electron chi connectivity index (χ4n) is 2.49. The van der Waals surface area contributed by atoms with Crippen LogP contribution in [0.2, 0.25) is 0 Å². The monoisotopic (exact) mass is 374 g/mol. The lowest BCUT2D eigenvalue weighted by molar-refractivity contribution is -0.115. The van der Waals surface area contributed by atoms with E-state index in [1.54, 1.807) is 18.3 Å². The zero-order valence-electron chi connectivity index (χ0n) is 15.9. The van der Waals surface area contributed by atoms with Gasteiger partial charge in [0.25, 0.3) is 0 Å². The average Bonchev–Trinajstić information content (AvgIpc) is 2.62. The highest BCUT2D eigenvalue weighted by atomic mass is 16.5. The molecular weight excluding hydrogens is 352 g/mol. The van der Waals surface area contributed by atoms with Crippen molar-refractivity contribution in [1.29, 1.82) is 0 Å². The predicted molar refractivity (Wildman–Crippen MR) is 99.5 cm³/mol. The van der Waals surface area contributed by atoms with Gasteiger partial charge < -0.3 is 19.5 Å². The van der Waals surface area contributed by atoms with Crippen LogP contribution in [0.3, 0.4) is 0 Å². The Kier molecular flexibility index (Phi) is 6.53. The maximum atomic E-state index is 11.5. The molecule has 144 valence electrons. The summed E-state index contributed by atoms with van der Waals surface area (Å²) in [5, 5.41) is 5.15. The molecule has 0 aliphatic heterocycles. The number of anilines is 2. The van der Waals surface area contributed by atoms with Crippen molar-refractivity contribution in [2.24, 2.45) is 0 Å². The number of amides is 2. The molecule has 0 bridgehead atoms. The normalized spacial score (nSPS) is 10.1. The van der Waals surface area contributed by atoms with Crippen LogP contribution in [0.5, 0.6) is 17.2 Å². The number of hydrogen-bond donors (Lipinski definition) is 2.